The van der Waals surface area contributed by atoms with E-state index in [-0.39, 0.29) is 5.69 Å². The Morgan fingerprint density at radius 2 is 2.50 bits per heavy atom. The molecule has 1 heterocycles. The average Bonchev–Trinajstić information content (AvgIpc) is 2.66. The van der Waals surface area contributed by atoms with Crippen LogP contribution in [-0.2, 0) is 0 Å². The van der Waals surface area contributed by atoms with Crippen molar-refractivity contribution in [2.24, 2.45) is 0 Å². The van der Waals surface area contributed by atoms with E-state index in [1.165, 1.54) is 11.3 Å². The van der Waals surface area contributed by atoms with E-state index in [1.54, 1.807) is 0 Å². The number of carboxylic acids is 1. The zero-order valence-electron chi connectivity index (χ0n) is 6.20. The molecular formula is C7H7N2O2S. The van der Waals surface area contributed by atoms with E-state index in [4.69, 9.17) is 5.11 Å². The van der Waals surface area contributed by atoms with Crippen LogP contribution in [0.3, 0.4) is 0 Å². The highest BCUT2D eigenvalue weighted by atomic mass is 32.1. The third-order valence-electron chi connectivity index (χ3n) is 1.64. The Morgan fingerprint density at radius 1 is 1.75 bits per heavy atom. The van der Waals surface area contributed by atoms with Gasteiger partial charge in [0.15, 0.2) is 11.2 Å². The van der Waals surface area contributed by atoms with Gasteiger partial charge in [0.05, 0.1) is 0 Å². The first-order valence-electron chi connectivity index (χ1n) is 3.64. The second kappa shape index (κ2) is 2.75. The highest BCUT2D eigenvalue weighted by molar-refractivity contribution is 7.13. The smallest absolute Gasteiger partial charge is 0.357 e. The van der Waals surface area contributed by atoms with Gasteiger partial charge in [0, 0.05) is 6.04 Å². The van der Waals surface area contributed by atoms with Gasteiger partial charge in [0.1, 0.15) is 5.00 Å². The summed E-state index contributed by atoms with van der Waals surface area (Å²) in [7, 11) is 0. The Kier molecular flexibility index (Phi) is 1.73. The fourth-order valence-corrected chi connectivity index (χ4v) is 1.55. The molecule has 1 fully saturated rings. The number of hydrogen-bond acceptors (Lipinski definition) is 4. The molecule has 0 spiro atoms. The van der Waals surface area contributed by atoms with Gasteiger partial charge in [-0.05, 0) is 12.8 Å². The number of aromatic carboxylic acids is 1. The molecule has 2 rings (SSSR count). The monoisotopic (exact) mass is 183 g/mol. The molecule has 0 bridgehead atoms. The number of carbonyl (C=O) groups is 1. The second-order valence-electron chi connectivity index (χ2n) is 2.71. The summed E-state index contributed by atoms with van der Waals surface area (Å²) < 4.78 is 0. The maximum absolute atomic E-state index is 10.6. The number of anilines is 1. The largest absolute Gasteiger partial charge is 0.476 e. The molecule has 2 N–H and O–H groups in total. The molecule has 1 aliphatic rings. The maximum Gasteiger partial charge on any atom is 0.357 e. The average molecular weight is 183 g/mol. The van der Waals surface area contributed by atoms with E-state index < -0.39 is 5.97 Å². The quantitative estimate of drug-likeness (QED) is 0.739. The molecule has 12 heavy (non-hydrogen) atoms. The molecule has 1 radical (unpaired) electrons. The standard InChI is InChI=1S/C7H7N2O2S/c10-7(11)5-6(12-3-8-5)9-4-1-2-4/h4,9H,1-2H2,(H,10,11). The van der Waals surface area contributed by atoms with Gasteiger partial charge in [-0.15, -0.1) is 0 Å². The Balaban J connectivity index is 2.17. The van der Waals surface area contributed by atoms with E-state index >= 15 is 0 Å². The van der Waals surface area contributed by atoms with Crippen molar-refractivity contribution in [3.8, 4) is 0 Å². The molecule has 1 aromatic rings. The summed E-state index contributed by atoms with van der Waals surface area (Å²) in [5.41, 5.74) is 2.65. The van der Waals surface area contributed by atoms with Gasteiger partial charge in [-0.2, -0.15) is 0 Å². The van der Waals surface area contributed by atoms with Crippen molar-refractivity contribution >= 4 is 22.3 Å². The van der Waals surface area contributed by atoms with Crippen LogP contribution in [0.15, 0.2) is 0 Å². The Bertz CT molecular complexity index is 306. The van der Waals surface area contributed by atoms with Crippen molar-refractivity contribution in [3.63, 3.8) is 0 Å². The van der Waals surface area contributed by atoms with Crippen LogP contribution in [0.4, 0.5) is 5.00 Å². The number of rotatable bonds is 3. The number of aromatic nitrogens is 1. The topological polar surface area (TPSA) is 62.2 Å². The SMILES string of the molecule is O=C(O)c1n[c]sc1NC1CC1. The third kappa shape index (κ3) is 1.40. The minimum atomic E-state index is -0.990. The van der Waals surface area contributed by atoms with E-state index in [0.717, 1.165) is 12.8 Å². The normalized spacial score (nSPS) is 16.0. The lowest BCUT2D eigenvalue weighted by molar-refractivity contribution is 0.0692. The highest BCUT2D eigenvalue weighted by Crippen LogP contribution is 2.28. The number of nitrogens with zero attached hydrogens (tertiary/aromatic N) is 1. The molecule has 0 amide bonds. The zero-order valence-corrected chi connectivity index (χ0v) is 7.02. The first-order valence-corrected chi connectivity index (χ1v) is 4.45. The molecule has 4 nitrogen and oxygen atoms in total. The summed E-state index contributed by atoms with van der Waals surface area (Å²) in [5, 5.41) is 12.4. The number of carboxylic acid groups (broad SMARTS) is 1. The molecule has 0 aromatic carbocycles. The van der Waals surface area contributed by atoms with E-state index in [0.29, 0.717) is 11.0 Å². The van der Waals surface area contributed by atoms with Gasteiger partial charge in [-0.3, -0.25) is 0 Å². The molecule has 0 unspecified atom stereocenters. The molecule has 1 saturated carbocycles. The molecule has 0 aliphatic heterocycles. The summed E-state index contributed by atoms with van der Waals surface area (Å²) in [6.45, 7) is 0. The van der Waals surface area contributed by atoms with Crippen LogP contribution in [0.5, 0.6) is 0 Å². The molecule has 0 atom stereocenters. The lowest BCUT2D eigenvalue weighted by Crippen LogP contribution is -2.05. The van der Waals surface area contributed by atoms with E-state index in [1.807, 2.05) is 0 Å². The Hall–Kier alpha value is -1.10. The summed E-state index contributed by atoms with van der Waals surface area (Å²) >= 11 is 1.22. The predicted molar refractivity (Wildman–Crippen MR) is 44.6 cm³/mol. The third-order valence-corrected chi connectivity index (χ3v) is 2.33. The molecule has 5 heteroatoms. The van der Waals surface area contributed by atoms with E-state index in [2.05, 4.69) is 15.8 Å². The second-order valence-corrected chi connectivity index (χ2v) is 3.50. The van der Waals surface area contributed by atoms with Gasteiger partial charge in [0.25, 0.3) is 0 Å². The van der Waals surface area contributed by atoms with Crippen LogP contribution in [0.2, 0.25) is 0 Å². The van der Waals surface area contributed by atoms with Crippen LogP contribution in [0, 0.1) is 5.51 Å². The van der Waals surface area contributed by atoms with Crippen LogP contribution >= 0.6 is 11.3 Å². The first-order chi connectivity index (χ1) is 5.77. The fourth-order valence-electron chi connectivity index (χ4n) is 0.869. The first kappa shape index (κ1) is 7.54. The summed E-state index contributed by atoms with van der Waals surface area (Å²) in [5.74, 6) is -0.990. The van der Waals surface area contributed by atoms with Crippen LogP contribution in [0.25, 0.3) is 0 Å². The van der Waals surface area contributed by atoms with Crippen LogP contribution in [-0.4, -0.2) is 22.1 Å². The van der Waals surface area contributed by atoms with Crippen LogP contribution < -0.4 is 5.32 Å². The van der Waals surface area contributed by atoms with Gasteiger partial charge >= 0.3 is 5.97 Å². The number of nitrogens with one attached hydrogen (secondary N) is 1. The fraction of sp³-hybridized carbons (Fsp3) is 0.429. The lowest BCUT2D eigenvalue weighted by atomic mass is 10.4. The highest BCUT2D eigenvalue weighted by Gasteiger charge is 2.24. The van der Waals surface area contributed by atoms with Crippen molar-refractivity contribution < 1.29 is 9.90 Å². The van der Waals surface area contributed by atoms with Crippen molar-refractivity contribution in [1.29, 1.82) is 0 Å². The molecule has 1 aromatic heterocycles. The summed E-state index contributed by atoms with van der Waals surface area (Å²) in [6.07, 6.45) is 2.24. The molecule has 63 valence electrons. The summed E-state index contributed by atoms with van der Waals surface area (Å²) in [6, 6.07) is 0.456. The van der Waals surface area contributed by atoms with Gasteiger partial charge in [-0.1, -0.05) is 11.3 Å². The number of hydrogen-bond donors (Lipinski definition) is 2. The Morgan fingerprint density at radius 3 is 3.08 bits per heavy atom. The summed E-state index contributed by atoms with van der Waals surface area (Å²) in [4.78, 5) is 14.2. The van der Waals surface area contributed by atoms with Gasteiger partial charge in [0.2, 0.25) is 0 Å². The minimum Gasteiger partial charge on any atom is -0.476 e. The van der Waals surface area contributed by atoms with Crippen LogP contribution in [0.1, 0.15) is 23.3 Å². The van der Waals surface area contributed by atoms with Gasteiger partial charge in [-0.25, -0.2) is 9.78 Å². The Labute approximate surface area is 73.3 Å². The maximum atomic E-state index is 10.6. The molecule has 0 saturated heterocycles. The lowest BCUT2D eigenvalue weighted by Gasteiger charge is -1.99. The number of thiazole rings is 1. The predicted octanol–water partition coefficient (Wildman–Crippen LogP) is 1.22. The van der Waals surface area contributed by atoms with Crippen molar-refractivity contribution in [2.45, 2.75) is 18.9 Å². The minimum absolute atomic E-state index is 0.0897. The van der Waals surface area contributed by atoms with E-state index in [9.17, 15) is 4.79 Å². The molecule has 1 aliphatic carbocycles. The van der Waals surface area contributed by atoms with Crippen molar-refractivity contribution in [3.05, 3.63) is 11.2 Å². The zero-order chi connectivity index (χ0) is 8.55. The molecular weight excluding hydrogens is 176 g/mol. The van der Waals surface area contributed by atoms with Crippen molar-refractivity contribution in [2.75, 3.05) is 5.32 Å². The van der Waals surface area contributed by atoms with Crippen molar-refractivity contribution in [1.82, 2.24) is 4.98 Å². The van der Waals surface area contributed by atoms with Gasteiger partial charge < -0.3 is 10.4 Å².